The third-order valence-electron chi connectivity index (χ3n) is 4.40. The quantitative estimate of drug-likeness (QED) is 0.476. The number of halogens is 1. The van der Waals surface area contributed by atoms with Crippen LogP contribution < -0.4 is 10.6 Å². The first-order chi connectivity index (χ1) is 13.7. The number of carbonyl (C=O) groups excluding carboxylic acids is 1. The van der Waals surface area contributed by atoms with Crippen molar-refractivity contribution in [1.29, 1.82) is 0 Å². The summed E-state index contributed by atoms with van der Waals surface area (Å²) in [6, 6.07) is 17.3. The molecule has 7 heteroatoms. The number of aromatic nitrogens is 3. The molecule has 0 radical (unpaired) electrons. The van der Waals surface area contributed by atoms with Crippen molar-refractivity contribution in [2.45, 2.75) is 6.42 Å². The summed E-state index contributed by atoms with van der Waals surface area (Å²) in [5.74, 6) is -0.282. The second-order valence-electron chi connectivity index (χ2n) is 6.27. The molecule has 2 heterocycles. The molecule has 2 aromatic carbocycles. The first-order valence-corrected chi connectivity index (χ1v) is 8.89. The number of hydrogen-bond donors (Lipinski definition) is 3. The van der Waals surface area contributed by atoms with Gasteiger partial charge < -0.3 is 15.6 Å². The fourth-order valence-corrected chi connectivity index (χ4v) is 2.99. The van der Waals surface area contributed by atoms with Crippen LogP contribution in [-0.4, -0.2) is 27.6 Å². The van der Waals surface area contributed by atoms with Crippen LogP contribution in [0.15, 0.2) is 66.9 Å². The highest BCUT2D eigenvalue weighted by molar-refractivity contribution is 6.03. The molecule has 0 aliphatic carbocycles. The molecule has 1 amide bonds. The zero-order valence-electron chi connectivity index (χ0n) is 14.9. The van der Waals surface area contributed by atoms with E-state index in [0.717, 1.165) is 11.9 Å². The maximum Gasteiger partial charge on any atom is 0.259 e. The molecule has 140 valence electrons. The Balaban J connectivity index is 1.33. The van der Waals surface area contributed by atoms with E-state index in [1.165, 1.54) is 29.1 Å². The average molecular weight is 375 g/mol. The summed E-state index contributed by atoms with van der Waals surface area (Å²) >= 11 is 0. The van der Waals surface area contributed by atoms with Crippen LogP contribution in [-0.2, 0) is 6.42 Å². The number of carbonyl (C=O) groups is 1. The van der Waals surface area contributed by atoms with Crippen LogP contribution in [0.25, 0.3) is 10.9 Å². The van der Waals surface area contributed by atoms with Gasteiger partial charge >= 0.3 is 0 Å². The highest BCUT2D eigenvalue weighted by atomic mass is 19.1. The molecule has 0 aliphatic rings. The lowest BCUT2D eigenvalue weighted by molar-refractivity contribution is 0.102. The summed E-state index contributed by atoms with van der Waals surface area (Å²) in [7, 11) is 0. The Bertz CT molecular complexity index is 1110. The topological polar surface area (TPSA) is 82.7 Å². The van der Waals surface area contributed by atoms with Crippen molar-refractivity contribution < 1.29 is 9.18 Å². The molecule has 0 fully saturated rings. The molecule has 0 aliphatic heterocycles. The lowest BCUT2D eigenvalue weighted by Gasteiger charge is -2.07. The zero-order chi connectivity index (χ0) is 19.3. The highest BCUT2D eigenvalue weighted by Gasteiger charge is 2.11. The monoisotopic (exact) mass is 375 g/mol. The Labute approximate surface area is 160 Å². The van der Waals surface area contributed by atoms with Crippen LogP contribution in [0.2, 0.25) is 0 Å². The molecule has 3 N–H and O–H groups in total. The number of hydrogen-bond acceptors (Lipinski definition) is 4. The van der Waals surface area contributed by atoms with Crippen LogP contribution in [0, 0.1) is 5.82 Å². The summed E-state index contributed by atoms with van der Waals surface area (Å²) in [4.78, 5) is 15.4. The predicted octanol–water partition coefficient (Wildman–Crippen LogP) is 4.00. The molecule has 0 spiro atoms. The van der Waals surface area contributed by atoms with Crippen LogP contribution in [0.5, 0.6) is 0 Å². The summed E-state index contributed by atoms with van der Waals surface area (Å²) < 4.78 is 13.7. The number of amides is 1. The molecule has 6 nitrogen and oxygen atoms in total. The average Bonchev–Trinajstić information content (AvgIpc) is 3.13. The van der Waals surface area contributed by atoms with E-state index in [-0.39, 0.29) is 11.4 Å². The minimum atomic E-state index is -0.580. The molecule has 0 bridgehead atoms. The maximum absolute atomic E-state index is 13.7. The summed E-state index contributed by atoms with van der Waals surface area (Å²) in [5.41, 5.74) is 2.31. The van der Waals surface area contributed by atoms with Gasteiger partial charge in [-0.1, -0.05) is 30.3 Å². The van der Waals surface area contributed by atoms with E-state index in [0.29, 0.717) is 12.4 Å². The number of nitrogens with zero attached hydrogens (tertiary/aromatic N) is 2. The molecule has 4 aromatic rings. The predicted molar refractivity (Wildman–Crippen MR) is 107 cm³/mol. The Hall–Kier alpha value is -3.74. The van der Waals surface area contributed by atoms with Crippen LogP contribution in [0.1, 0.15) is 15.9 Å². The largest absolute Gasteiger partial charge is 0.368 e. The van der Waals surface area contributed by atoms with Crippen molar-refractivity contribution in [3.8, 4) is 0 Å². The van der Waals surface area contributed by atoms with Gasteiger partial charge in [-0.15, -0.1) is 10.2 Å². The molecule has 4 rings (SSSR count). The fourth-order valence-electron chi connectivity index (χ4n) is 2.99. The van der Waals surface area contributed by atoms with E-state index in [1.807, 2.05) is 24.4 Å². The number of anilines is 2. The Kier molecular flexibility index (Phi) is 4.97. The van der Waals surface area contributed by atoms with E-state index >= 15 is 0 Å². The first kappa shape index (κ1) is 17.7. The Morgan fingerprint density at radius 3 is 2.54 bits per heavy atom. The van der Waals surface area contributed by atoms with E-state index in [1.54, 1.807) is 18.2 Å². The van der Waals surface area contributed by atoms with Gasteiger partial charge in [0.1, 0.15) is 11.6 Å². The molecule has 0 saturated heterocycles. The second-order valence-corrected chi connectivity index (χ2v) is 6.27. The first-order valence-electron chi connectivity index (χ1n) is 8.89. The molecule has 0 unspecified atom stereocenters. The summed E-state index contributed by atoms with van der Waals surface area (Å²) in [6.45, 7) is 0.692. The Morgan fingerprint density at radius 2 is 1.71 bits per heavy atom. The zero-order valence-corrected chi connectivity index (χ0v) is 14.9. The van der Waals surface area contributed by atoms with Crippen LogP contribution in [0.3, 0.4) is 0 Å². The number of aromatic amines is 1. The normalized spacial score (nSPS) is 10.8. The van der Waals surface area contributed by atoms with E-state index in [9.17, 15) is 9.18 Å². The maximum atomic E-state index is 13.7. The van der Waals surface area contributed by atoms with Crippen LogP contribution in [0.4, 0.5) is 16.0 Å². The minimum absolute atomic E-state index is 0.0368. The van der Waals surface area contributed by atoms with Gasteiger partial charge in [0.25, 0.3) is 5.91 Å². The van der Waals surface area contributed by atoms with Gasteiger partial charge in [-0.2, -0.15) is 0 Å². The van der Waals surface area contributed by atoms with E-state index in [2.05, 4.69) is 31.9 Å². The molecular formula is C21H18FN5O. The van der Waals surface area contributed by atoms with E-state index < -0.39 is 11.7 Å². The third kappa shape index (κ3) is 3.83. The van der Waals surface area contributed by atoms with Crippen molar-refractivity contribution in [1.82, 2.24) is 15.2 Å². The molecule has 2 aromatic heterocycles. The minimum Gasteiger partial charge on any atom is -0.368 e. The number of para-hydroxylation sites is 1. The number of H-pyrrole nitrogens is 1. The number of benzene rings is 2. The second kappa shape index (κ2) is 7.87. The van der Waals surface area contributed by atoms with Crippen molar-refractivity contribution >= 4 is 28.4 Å². The van der Waals surface area contributed by atoms with E-state index in [4.69, 9.17) is 0 Å². The third-order valence-corrected chi connectivity index (χ3v) is 4.40. The molecule has 0 atom stereocenters. The Morgan fingerprint density at radius 1 is 0.964 bits per heavy atom. The van der Waals surface area contributed by atoms with Gasteiger partial charge in [0, 0.05) is 23.6 Å². The molecule has 28 heavy (non-hydrogen) atoms. The van der Waals surface area contributed by atoms with Crippen molar-refractivity contribution in [2.24, 2.45) is 0 Å². The number of fused-ring (bicyclic) bond motifs is 1. The number of rotatable bonds is 6. The van der Waals surface area contributed by atoms with Gasteiger partial charge in [0.15, 0.2) is 5.82 Å². The lowest BCUT2D eigenvalue weighted by atomic mass is 10.1. The fraction of sp³-hybridized carbons (Fsp3) is 0.0952. The summed E-state index contributed by atoms with van der Waals surface area (Å²) in [5, 5.41) is 15.0. The van der Waals surface area contributed by atoms with Crippen molar-refractivity contribution in [3.05, 3.63) is 83.8 Å². The van der Waals surface area contributed by atoms with Crippen molar-refractivity contribution in [2.75, 3.05) is 17.2 Å². The van der Waals surface area contributed by atoms with Crippen LogP contribution >= 0.6 is 0 Å². The standard InChI is InChI=1S/C21H18FN5O/c22-17-7-3-1-6-16(17)21(28)25-20-10-9-19(26-27-20)23-12-11-14-13-24-18-8-4-2-5-15(14)18/h1-10,13,24H,11-12H2,(H,23,26)(H,25,27,28). The SMILES string of the molecule is O=C(Nc1ccc(NCCc2c[nH]c3ccccc23)nn1)c1ccccc1F. The molecule has 0 saturated carbocycles. The van der Waals surface area contributed by atoms with Gasteiger partial charge in [-0.05, 0) is 42.3 Å². The number of nitrogens with one attached hydrogen (secondary N) is 3. The summed E-state index contributed by atoms with van der Waals surface area (Å²) in [6.07, 6.45) is 2.84. The van der Waals surface area contributed by atoms with Crippen molar-refractivity contribution in [3.63, 3.8) is 0 Å². The highest BCUT2D eigenvalue weighted by Crippen LogP contribution is 2.18. The van der Waals surface area contributed by atoms with Gasteiger partial charge in [0.2, 0.25) is 0 Å². The van der Waals surface area contributed by atoms with Gasteiger partial charge in [-0.3, -0.25) is 4.79 Å². The molecular weight excluding hydrogens is 357 g/mol. The smallest absolute Gasteiger partial charge is 0.259 e. The van der Waals surface area contributed by atoms with Gasteiger partial charge in [0.05, 0.1) is 5.56 Å². The van der Waals surface area contributed by atoms with Gasteiger partial charge in [-0.25, -0.2) is 4.39 Å². The lowest BCUT2D eigenvalue weighted by Crippen LogP contribution is -2.15.